The summed E-state index contributed by atoms with van der Waals surface area (Å²) in [7, 11) is 0. The van der Waals surface area contributed by atoms with E-state index in [0.29, 0.717) is 19.7 Å². The molecule has 0 aromatic carbocycles. The van der Waals surface area contributed by atoms with Gasteiger partial charge in [-0.25, -0.2) is 0 Å². The van der Waals surface area contributed by atoms with E-state index in [4.69, 9.17) is 10.5 Å². The first-order valence-electron chi connectivity index (χ1n) is 7.23. The van der Waals surface area contributed by atoms with Gasteiger partial charge in [-0.3, -0.25) is 4.79 Å². The number of amides is 1. The molecule has 4 nitrogen and oxygen atoms in total. The average Bonchev–Trinajstić information content (AvgIpc) is 2.40. The largest absolute Gasteiger partial charge is 0.381 e. The number of ether oxygens (including phenoxy) is 1. The zero-order valence-electron chi connectivity index (χ0n) is 12.3. The zero-order chi connectivity index (χ0) is 13.9. The van der Waals surface area contributed by atoms with Gasteiger partial charge in [0, 0.05) is 26.3 Å². The monoisotopic (exact) mass is 258 g/mol. The summed E-state index contributed by atoms with van der Waals surface area (Å²) in [6.07, 6.45) is 4.71. The van der Waals surface area contributed by atoms with Crippen LogP contribution < -0.4 is 11.1 Å². The number of carbonyl (C=O) groups is 1. The minimum Gasteiger partial charge on any atom is -0.381 e. The quantitative estimate of drug-likeness (QED) is 0.558. The maximum Gasteiger partial charge on any atom is 0.227 e. The summed E-state index contributed by atoms with van der Waals surface area (Å²) in [6, 6.07) is 0. The van der Waals surface area contributed by atoms with Crippen molar-refractivity contribution >= 4 is 5.91 Å². The summed E-state index contributed by atoms with van der Waals surface area (Å²) >= 11 is 0. The topological polar surface area (TPSA) is 64.3 Å². The van der Waals surface area contributed by atoms with Gasteiger partial charge in [0.05, 0.1) is 5.41 Å². The molecule has 0 aromatic heterocycles. The standard InChI is InChI=1S/C14H30N2O2/c1-4-7-10-18-11-8-9-16-13(17)14(5-2,6-3)12-15/h4-12,15H2,1-3H3,(H,16,17). The molecule has 0 radical (unpaired) electrons. The van der Waals surface area contributed by atoms with Crippen molar-refractivity contribution < 1.29 is 9.53 Å². The lowest BCUT2D eigenvalue weighted by molar-refractivity contribution is -0.131. The van der Waals surface area contributed by atoms with Gasteiger partial charge in [-0.15, -0.1) is 0 Å². The first kappa shape index (κ1) is 17.4. The Morgan fingerprint density at radius 2 is 1.78 bits per heavy atom. The van der Waals surface area contributed by atoms with E-state index in [1.54, 1.807) is 0 Å². The van der Waals surface area contributed by atoms with Gasteiger partial charge in [0.15, 0.2) is 0 Å². The smallest absolute Gasteiger partial charge is 0.227 e. The summed E-state index contributed by atoms with van der Waals surface area (Å²) < 4.78 is 5.44. The molecule has 0 aromatic rings. The van der Waals surface area contributed by atoms with Crippen LogP contribution in [0.15, 0.2) is 0 Å². The molecular formula is C14H30N2O2. The molecule has 0 saturated carbocycles. The number of carbonyl (C=O) groups excluding carboxylic acids is 1. The summed E-state index contributed by atoms with van der Waals surface area (Å²) in [4.78, 5) is 12.1. The second-order valence-electron chi connectivity index (χ2n) is 4.77. The molecule has 0 fully saturated rings. The first-order chi connectivity index (χ1) is 8.66. The molecular weight excluding hydrogens is 228 g/mol. The van der Waals surface area contributed by atoms with Crippen LogP contribution in [-0.2, 0) is 9.53 Å². The highest BCUT2D eigenvalue weighted by atomic mass is 16.5. The van der Waals surface area contributed by atoms with E-state index in [2.05, 4.69) is 12.2 Å². The average molecular weight is 258 g/mol. The molecule has 0 bridgehead atoms. The van der Waals surface area contributed by atoms with Gasteiger partial charge in [-0.05, 0) is 25.7 Å². The Balaban J connectivity index is 3.75. The molecule has 0 aliphatic rings. The summed E-state index contributed by atoms with van der Waals surface area (Å²) in [6.45, 7) is 8.81. The predicted octanol–water partition coefficient (Wildman–Crippen LogP) is 2.07. The van der Waals surface area contributed by atoms with Crippen molar-refractivity contribution in [2.24, 2.45) is 11.1 Å². The van der Waals surface area contributed by atoms with Crippen molar-refractivity contribution in [3.8, 4) is 0 Å². The molecule has 4 heteroatoms. The van der Waals surface area contributed by atoms with Crippen LogP contribution in [0.1, 0.15) is 52.9 Å². The Kier molecular flexibility index (Phi) is 9.98. The predicted molar refractivity (Wildman–Crippen MR) is 75.4 cm³/mol. The van der Waals surface area contributed by atoms with Crippen LogP contribution in [0, 0.1) is 5.41 Å². The number of nitrogens with one attached hydrogen (secondary N) is 1. The fraction of sp³-hybridized carbons (Fsp3) is 0.929. The second-order valence-corrected chi connectivity index (χ2v) is 4.77. The molecule has 0 unspecified atom stereocenters. The van der Waals surface area contributed by atoms with E-state index < -0.39 is 0 Å². The Morgan fingerprint density at radius 1 is 1.17 bits per heavy atom. The van der Waals surface area contributed by atoms with Gasteiger partial charge in [0.1, 0.15) is 0 Å². The van der Waals surface area contributed by atoms with E-state index >= 15 is 0 Å². The van der Waals surface area contributed by atoms with Crippen LogP contribution in [0.4, 0.5) is 0 Å². The van der Waals surface area contributed by atoms with E-state index in [9.17, 15) is 4.79 Å². The first-order valence-corrected chi connectivity index (χ1v) is 7.23. The highest BCUT2D eigenvalue weighted by Gasteiger charge is 2.32. The summed E-state index contributed by atoms with van der Waals surface area (Å²) in [5.41, 5.74) is 5.34. The molecule has 108 valence electrons. The minimum atomic E-state index is -0.386. The van der Waals surface area contributed by atoms with E-state index in [0.717, 1.165) is 38.7 Å². The SMILES string of the molecule is CCCCOCCCNC(=O)C(CC)(CC)CN. The number of nitrogens with two attached hydrogens (primary N) is 1. The molecule has 0 saturated heterocycles. The molecule has 0 spiro atoms. The Hall–Kier alpha value is -0.610. The van der Waals surface area contributed by atoms with Gasteiger partial charge in [-0.2, -0.15) is 0 Å². The second kappa shape index (κ2) is 10.3. The van der Waals surface area contributed by atoms with Crippen LogP contribution >= 0.6 is 0 Å². The van der Waals surface area contributed by atoms with Crippen molar-refractivity contribution in [1.29, 1.82) is 0 Å². The molecule has 0 heterocycles. The number of rotatable bonds is 11. The van der Waals surface area contributed by atoms with Gasteiger partial charge in [-0.1, -0.05) is 27.2 Å². The van der Waals surface area contributed by atoms with Gasteiger partial charge < -0.3 is 15.8 Å². The third kappa shape index (κ3) is 5.83. The Morgan fingerprint density at radius 3 is 2.28 bits per heavy atom. The van der Waals surface area contributed by atoms with Crippen LogP contribution in [0.25, 0.3) is 0 Å². The molecule has 18 heavy (non-hydrogen) atoms. The maximum atomic E-state index is 12.1. The number of hydrogen-bond donors (Lipinski definition) is 2. The van der Waals surface area contributed by atoms with Gasteiger partial charge >= 0.3 is 0 Å². The Labute approximate surface area is 112 Å². The van der Waals surface area contributed by atoms with Gasteiger partial charge in [0.25, 0.3) is 0 Å². The highest BCUT2D eigenvalue weighted by Crippen LogP contribution is 2.24. The molecule has 0 atom stereocenters. The van der Waals surface area contributed by atoms with Crippen LogP contribution in [-0.4, -0.2) is 32.2 Å². The van der Waals surface area contributed by atoms with E-state index in [1.165, 1.54) is 0 Å². The van der Waals surface area contributed by atoms with E-state index in [1.807, 2.05) is 13.8 Å². The molecule has 0 aliphatic carbocycles. The lowest BCUT2D eigenvalue weighted by Crippen LogP contribution is -2.45. The Bertz CT molecular complexity index is 208. The number of hydrogen-bond acceptors (Lipinski definition) is 3. The van der Waals surface area contributed by atoms with E-state index in [-0.39, 0.29) is 11.3 Å². The third-order valence-corrected chi connectivity index (χ3v) is 3.62. The van der Waals surface area contributed by atoms with Crippen molar-refractivity contribution in [1.82, 2.24) is 5.32 Å². The normalized spacial score (nSPS) is 11.6. The number of unbranched alkanes of at least 4 members (excludes halogenated alkanes) is 1. The molecule has 1 amide bonds. The van der Waals surface area contributed by atoms with Crippen molar-refractivity contribution in [2.75, 3.05) is 26.3 Å². The van der Waals surface area contributed by atoms with Crippen LogP contribution in [0.2, 0.25) is 0 Å². The molecule has 3 N–H and O–H groups in total. The molecule has 0 aliphatic heterocycles. The lowest BCUT2D eigenvalue weighted by Gasteiger charge is -2.28. The molecule has 0 rings (SSSR count). The summed E-state index contributed by atoms with van der Waals surface area (Å²) in [5.74, 6) is 0.0866. The zero-order valence-corrected chi connectivity index (χ0v) is 12.3. The van der Waals surface area contributed by atoms with Crippen molar-refractivity contribution in [3.63, 3.8) is 0 Å². The highest BCUT2D eigenvalue weighted by molar-refractivity contribution is 5.82. The fourth-order valence-corrected chi connectivity index (χ4v) is 1.86. The van der Waals surface area contributed by atoms with Gasteiger partial charge in [0.2, 0.25) is 5.91 Å². The fourth-order valence-electron chi connectivity index (χ4n) is 1.86. The van der Waals surface area contributed by atoms with Crippen molar-refractivity contribution in [3.05, 3.63) is 0 Å². The van der Waals surface area contributed by atoms with Crippen LogP contribution in [0.5, 0.6) is 0 Å². The maximum absolute atomic E-state index is 12.1. The lowest BCUT2D eigenvalue weighted by atomic mass is 9.81. The third-order valence-electron chi connectivity index (χ3n) is 3.62. The summed E-state index contributed by atoms with van der Waals surface area (Å²) in [5, 5.41) is 2.97. The van der Waals surface area contributed by atoms with Crippen molar-refractivity contribution in [2.45, 2.75) is 52.9 Å². The van der Waals surface area contributed by atoms with Crippen LogP contribution in [0.3, 0.4) is 0 Å². The minimum absolute atomic E-state index is 0.0866.